The number of hydrogen-bond donors (Lipinski definition) is 1. The zero-order chi connectivity index (χ0) is 24.3. The number of ether oxygens (including phenoxy) is 1. The summed E-state index contributed by atoms with van der Waals surface area (Å²) in [5.41, 5.74) is 1.41. The predicted molar refractivity (Wildman–Crippen MR) is 122 cm³/mol. The SMILES string of the molecule is O=C(c1ccc(Cl)cc1)N1CCC(NC2CN(c3ccccc3)CC2OC(=O)C(F)(F)F)CC1. The fraction of sp³-hybridized carbons (Fsp3) is 0.417. The van der Waals surface area contributed by atoms with E-state index in [-0.39, 0.29) is 18.5 Å². The quantitative estimate of drug-likeness (QED) is 0.638. The maximum atomic E-state index is 12.8. The molecular formula is C24H25ClF3N3O3. The maximum absolute atomic E-state index is 12.8. The van der Waals surface area contributed by atoms with Crippen molar-refractivity contribution >= 4 is 29.2 Å². The van der Waals surface area contributed by atoms with Crippen molar-refractivity contribution in [3.8, 4) is 0 Å². The molecule has 0 saturated carbocycles. The van der Waals surface area contributed by atoms with E-state index in [0.717, 1.165) is 5.69 Å². The number of amides is 1. The van der Waals surface area contributed by atoms with Crippen LogP contribution in [0.2, 0.25) is 5.02 Å². The minimum atomic E-state index is -5.04. The van der Waals surface area contributed by atoms with Crippen molar-refractivity contribution < 1.29 is 27.5 Å². The first-order chi connectivity index (χ1) is 16.2. The second-order valence-electron chi connectivity index (χ2n) is 8.53. The van der Waals surface area contributed by atoms with Crippen LogP contribution in [0.3, 0.4) is 0 Å². The Balaban J connectivity index is 1.38. The van der Waals surface area contributed by atoms with E-state index in [2.05, 4.69) is 5.32 Å². The second kappa shape index (κ2) is 10.2. The molecular weight excluding hydrogens is 471 g/mol. The molecule has 0 bridgehead atoms. The number of nitrogens with zero attached hydrogens (tertiary/aromatic N) is 2. The summed E-state index contributed by atoms with van der Waals surface area (Å²) in [6.07, 6.45) is -4.71. The molecule has 0 aromatic heterocycles. The van der Waals surface area contributed by atoms with E-state index in [1.807, 2.05) is 35.2 Å². The van der Waals surface area contributed by atoms with E-state index < -0.39 is 24.3 Å². The summed E-state index contributed by atoms with van der Waals surface area (Å²) in [5.74, 6) is -2.26. The Morgan fingerprint density at radius 3 is 2.24 bits per heavy atom. The van der Waals surface area contributed by atoms with Crippen molar-refractivity contribution in [3.05, 3.63) is 65.2 Å². The van der Waals surface area contributed by atoms with Gasteiger partial charge in [0, 0.05) is 41.9 Å². The van der Waals surface area contributed by atoms with Gasteiger partial charge in [0.05, 0.1) is 12.6 Å². The van der Waals surface area contributed by atoms with E-state index >= 15 is 0 Å². The first-order valence-corrected chi connectivity index (χ1v) is 11.5. The second-order valence-corrected chi connectivity index (χ2v) is 8.97. The van der Waals surface area contributed by atoms with Crippen LogP contribution in [-0.2, 0) is 9.53 Å². The summed E-state index contributed by atoms with van der Waals surface area (Å²) < 4.78 is 43.4. The van der Waals surface area contributed by atoms with Gasteiger partial charge in [-0.05, 0) is 49.2 Å². The van der Waals surface area contributed by atoms with Gasteiger partial charge in [0.1, 0.15) is 6.10 Å². The lowest BCUT2D eigenvalue weighted by molar-refractivity contribution is -0.204. The first kappa shape index (κ1) is 24.3. The smallest absolute Gasteiger partial charge is 0.452 e. The Morgan fingerprint density at radius 1 is 0.971 bits per heavy atom. The summed E-state index contributed by atoms with van der Waals surface area (Å²) >= 11 is 5.89. The van der Waals surface area contributed by atoms with Crippen molar-refractivity contribution in [3.63, 3.8) is 0 Å². The highest BCUT2D eigenvalue weighted by molar-refractivity contribution is 6.30. The zero-order valence-corrected chi connectivity index (χ0v) is 19.1. The number of piperidine rings is 1. The number of benzene rings is 2. The molecule has 2 aliphatic rings. The summed E-state index contributed by atoms with van der Waals surface area (Å²) in [7, 11) is 0. The van der Waals surface area contributed by atoms with Gasteiger partial charge < -0.3 is 19.9 Å². The van der Waals surface area contributed by atoms with Crippen LogP contribution in [0.15, 0.2) is 54.6 Å². The molecule has 1 amide bonds. The maximum Gasteiger partial charge on any atom is 0.490 e. The molecule has 0 spiro atoms. The van der Waals surface area contributed by atoms with Crippen molar-refractivity contribution in [1.82, 2.24) is 10.2 Å². The van der Waals surface area contributed by atoms with Crippen LogP contribution in [-0.4, -0.2) is 67.3 Å². The zero-order valence-electron chi connectivity index (χ0n) is 18.3. The van der Waals surface area contributed by atoms with Crippen molar-refractivity contribution in [2.75, 3.05) is 31.1 Å². The van der Waals surface area contributed by atoms with Crippen LogP contribution >= 0.6 is 11.6 Å². The number of alkyl halides is 3. The standard InChI is InChI=1S/C24H25ClF3N3O3/c25-17-8-6-16(7-9-17)22(32)30-12-10-18(11-13-30)29-20-14-31(19-4-2-1-3-5-19)15-21(20)34-23(33)24(26,27)28/h1-9,18,20-21,29H,10-15H2. The molecule has 34 heavy (non-hydrogen) atoms. The van der Waals surface area contributed by atoms with Gasteiger partial charge in [-0.25, -0.2) is 4.79 Å². The minimum Gasteiger partial charge on any atom is -0.452 e. The Bertz CT molecular complexity index is 996. The van der Waals surface area contributed by atoms with Gasteiger partial charge in [0.25, 0.3) is 5.91 Å². The van der Waals surface area contributed by atoms with Crippen LogP contribution in [0.1, 0.15) is 23.2 Å². The number of para-hydroxylation sites is 1. The van der Waals surface area contributed by atoms with Crippen molar-refractivity contribution in [2.24, 2.45) is 0 Å². The highest BCUT2D eigenvalue weighted by Crippen LogP contribution is 2.26. The normalized spacial score (nSPS) is 21.5. The molecule has 182 valence electrons. The predicted octanol–water partition coefficient (Wildman–Crippen LogP) is 3.90. The lowest BCUT2D eigenvalue weighted by atomic mass is 10.0. The van der Waals surface area contributed by atoms with Gasteiger partial charge in [-0.1, -0.05) is 29.8 Å². The fourth-order valence-electron chi connectivity index (χ4n) is 4.43. The van der Waals surface area contributed by atoms with E-state index in [0.29, 0.717) is 43.1 Å². The van der Waals surface area contributed by atoms with Gasteiger partial charge in [0.2, 0.25) is 0 Å². The summed E-state index contributed by atoms with van der Waals surface area (Å²) in [5, 5.41) is 3.95. The lowest BCUT2D eigenvalue weighted by Gasteiger charge is -2.34. The summed E-state index contributed by atoms with van der Waals surface area (Å²) in [6, 6.07) is 15.5. The third kappa shape index (κ3) is 5.82. The fourth-order valence-corrected chi connectivity index (χ4v) is 4.56. The van der Waals surface area contributed by atoms with Crippen LogP contribution < -0.4 is 10.2 Å². The molecule has 4 rings (SSSR count). The van der Waals surface area contributed by atoms with Gasteiger partial charge in [-0.2, -0.15) is 13.2 Å². The highest BCUT2D eigenvalue weighted by atomic mass is 35.5. The molecule has 0 aliphatic carbocycles. The van der Waals surface area contributed by atoms with Gasteiger partial charge in [-0.15, -0.1) is 0 Å². The Labute approximate surface area is 200 Å². The van der Waals surface area contributed by atoms with E-state index in [4.69, 9.17) is 16.3 Å². The molecule has 1 N–H and O–H groups in total. The third-order valence-electron chi connectivity index (χ3n) is 6.20. The Kier molecular flexibility index (Phi) is 7.33. The van der Waals surface area contributed by atoms with Crippen LogP contribution in [0.25, 0.3) is 0 Å². The molecule has 2 heterocycles. The van der Waals surface area contributed by atoms with Gasteiger partial charge >= 0.3 is 12.1 Å². The summed E-state index contributed by atoms with van der Waals surface area (Å²) in [6.45, 7) is 1.60. The molecule has 2 aromatic rings. The van der Waals surface area contributed by atoms with E-state index in [9.17, 15) is 22.8 Å². The number of hydrogen-bond acceptors (Lipinski definition) is 5. The van der Waals surface area contributed by atoms with Gasteiger partial charge in [0.15, 0.2) is 0 Å². The third-order valence-corrected chi connectivity index (χ3v) is 6.45. The van der Waals surface area contributed by atoms with Gasteiger partial charge in [-0.3, -0.25) is 4.79 Å². The number of carbonyl (C=O) groups is 2. The molecule has 0 radical (unpaired) electrons. The molecule has 2 saturated heterocycles. The number of nitrogens with one attached hydrogen (secondary N) is 1. The number of anilines is 1. The minimum absolute atomic E-state index is 0.0120. The number of rotatable bonds is 5. The molecule has 2 aliphatic heterocycles. The molecule has 6 nitrogen and oxygen atoms in total. The number of esters is 1. The molecule has 2 atom stereocenters. The largest absolute Gasteiger partial charge is 0.490 e. The average molecular weight is 496 g/mol. The van der Waals surface area contributed by atoms with Crippen LogP contribution in [0, 0.1) is 0 Å². The van der Waals surface area contributed by atoms with Crippen LogP contribution in [0.5, 0.6) is 0 Å². The molecule has 2 unspecified atom stereocenters. The molecule has 2 aromatic carbocycles. The molecule has 10 heteroatoms. The monoisotopic (exact) mass is 495 g/mol. The van der Waals surface area contributed by atoms with E-state index in [1.54, 1.807) is 29.2 Å². The lowest BCUT2D eigenvalue weighted by Crippen LogP contribution is -2.52. The van der Waals surface area contributed by atoms with Crippen molar-refractivity contribution in [2.45, 2.75) is 37.2 Å². The number of halogens is 4. The molecule has 2 fully saturated rings. The van der Waals surface area contributed by atoms with E-state index in [1.165, 1.54) is 0 Å². The Hall–Kier alpha value is -2.78. The topological polar surface area (TPSA) is 61.9 Å². The summed E-state index contributed by atoms with van der Waals surface area (Å²) in [4.78, 5) is 27.9. The number of likely N-dealkylation sites (tertiary alicyclic amines) is 1. The van der Waals surface area contributed by atoms with Crippen molar-refractivity contribution in [1.29, 1.82) is 0 Å². The highest BCUT2D eigenvalue weighted by Gasteiger charge is 2.46. The first-order valence-electron chi connectivity index (χ1n) is 11.1. The average Bonchev–Trinajstić information content (AvgIpc) is 3.22. The van der Waals surface area contributed by atoms with Crippen LogP contribution in [0.4, 0.5) is 18.9 Å². The number of carbonyl (C=O) groups excluding carboxylic acids is 2. The Morgan fingerprint density at radius 2 is 1.62 bits per heavy atom.